The highest BCUT2D eigenvalue weighted by molar-refractivity contribution is 5.71. The maximum atomic E-state index is 13.5. The van der Waals surface area contributed by atoms with Gasteiger partial charge in [-0.25, -0.2) is 9.18 Å². The number of nitro groups is 1. The highest BCUT2D eigenvalue weighted by atomic mass is 19.1. The first-order valence-electron chi connectivity index (χ1n) is 5.58. The van der Waals surface area contributed by atoms with Crippen molar-refractivity contribution in [3.8, 4) is 5.75 Å². The molecular weight excluding hydrogens is 257 g/mol. The molecule has 6 nitrogen and oxygen atoms in total. The third-order valence-electron chi connectivity index (χ3n) is 2.16. The Morgan fingerprint density at radius 3 is 2.63 bits per heavy atom. The first-order valence-corrected chi connectivity index (χ1v) is 5.58. The van der Waals surface area contributed by atoms with Gasteiger partial charge >= 0.3 is 5.97 Å². The predicted octanol–water partition coefficient (Wildman–Crippen LogP) is 2.37. The number of esters is 1. The maximum Gasteiger partial charge on any atom is 0.344 e. The molecule has 0 amide bonds. The predicted molar refractivity (Wildman–Crippen MR) is 64.5 cm³/mol. The number of benzene rings is 1. The second-order valence-electron chi connectivity index (χ2n) is 4.15. The van der Waals surface area contributed by atoms with Crippen LogP contribution in [0.25, 0.3) is 0 Å². The highest BCUT2D eigenvalue weighted by Crippen LogP contribution is 2.26. The number of halogens is 1. The smallest absolute Gasteiger partial charge is 0.344 e. The van der Waals surface area contributed by atoms with Crippen LogP contribution in [0.2, 0.25) is 0 Å². The number of aryl methyl sites for hydroxylation is 1. The number of hydrogen-bond acceptors (Lipinski definition) is 5. The highest BCUT2D eigenvalue weighted by Gasteiger charge is 2.17. The van der Waals surface area contributed by atoms with Crippen LogP contribution in [0.5, 0.6) is 5.75 Å². The van der Waals surface area contributed by atoms with E-state index in [-0.39, 0.29) is 23.1 Å². The number of carbonyl (C=O) groups excluding carboxylic acids is 1. The van der Waals surface area contributed by atoms with E-state index in [1.165, 1.54) is 13.0 Å². The Hall–Kier alpha value is -2.18. The minimum absolute atomic E-state index is 0.219. The van der Waals surface area contributed by atoms with Crippen molar-refractivity contribution in [2.24, 2.45) is 0 Å². The summed E-state index contributed by atoms with van der Waals surface area (Å²) >= 11 is 0. The van der Waals surface area contributed by atoms with Crippen molar-refractivity contribution >= 4 is 11.7 Å². The number of hydrogen-bond donors (Lipinski definition) is 0. The topological polar surface area (TPSA) is 78.7 Å². The van der Waals surface area contributed by atoms with Gasteiger partial charge in [-0.15, -0.1) is 0 Å². The summed E-state index contributed by atoms with van der Waals surface area (Å²) in [6, 6.07) is 1.94. The average Bonchev–Trinajstić information content (AvgIpc) is 2.28. The van der Waals surface area contributed by atoms with Crippen molar-refractivity contribution < 1.29 is 23.6 Å². The van der Waals surface area contributed by atoms with Gasteiger partial charge in [0.15, 0.2) is 18.2 Å². The van der Waals surface area contributed by atoms with E-state index >= 15 is 0 Å². The fraction of sp³-hybridized carbons (Fsp3) is 0.417. The van der Waals surface area contributed by atoms with Crippen LogP contribution in [0, 0.1) is 22.9 Å². The summed E-state index contributed by atoms with van der Waals surface area (Å²) < 4.78 is 23.3. The molecule has 0 saturated carbocycles. The Balaban J connectivity index is 2.77. The van der Waals surface area contributed by atoms with E-state index in [4.69, 9.17) is 9.47 Å². The lowest BCUT2D eigenvalue weighted by Gasteiger charge is -2.10. The minimum Gasteiger partial charge on any atom is -0.479 e. The molecule has 0 atom stereocenters. The fourth-order valence-corrected chi connectivity index (χ4v) is 1.39. The second-order valence-corrected chi connectivity index (χ2v) is 4.15. The van der Waals surface area contributed by atoms with Crippen LogP contribution in [0.1, 0.15) is 19.4 Å². The number of carbonyl (C=O) groups is 1. The van der Waals surface area contributed by atoms with Gasteiger partial charge in [-0.3, -0.25) is 10.1 Å². The molecule has 0 aromatic heterocycles. The van der Waals surface area contributed by atoms with Crippen LogP contribution < -0.4 is 4.74 Å². The zero-order valence-corrected chi connectivity index (χ0v) is 10.8. The molecule has 0 bridgehead atoms. The molecule has 7 heteroatoms. The number of rotatable bonds is 5. The lowest BCUT2D eigenvalue weighted by molar-refractivity contribution is -0.385. The van der Waals surface area contributed by atoms with E-state index in [0.717, 1.165) is 6.07 Å². The molecule has 0 N–H and O–H groups in total. The first kappa shape index (κ1) is 14.9. The molecule has 0 fully saturated rings. The molecular formula is C12H14FNO5. The van der Waals surface area contributed by atoms with Crippen LogP contribution >= 0.6 is 0 Å². The van der Waals surface area contributed by atoms with Gasteiger partial charge in [0.2, 0.25) is 0 Å². The second kappa shape index (κ2) is 6.12. The summed E-state index contributed by atoms with van der Waals surface area (Å²) in [5.74, 6) is -1.75. The number of ether oxygens (including phenoxy) is 2. The van der Waals surface area contributed by atoms with Crippen LogP contribution in [0.15, 0.2) is 12.1 Å². The molecule has 19 heavy (non-hydrogen) atoms. The molecule has 0 aliphatic carbocycles. The van der Waals surface area contributed by atoms with Crippen molar-refractivity contribution in [1.82, 2.24) is 0 Å². The van der Waals surface area contributed by atoms with Gasteiger partial charge in [-0.05, 0) is 26.8 Å². The van der Waals surface area contributed by atoms with Crippen molar-refractivity contribution in [2.75, 3.05) is 6.61 Å². The third kappa shape index (κ3) is 4.20. The van der Waals surface area contributed by atoms with Gasteiger partial charge in [0, 0.05) is 5.56 Å². The van der Waals surface area contributed by atoms with Crippen LogP contribution in [0.4, 0.5) is 10.1 Å². The SMILES string of the molecule is Cc1cc(OCC(=O)OC(C)C)c(F)cc1[N+](=O)[O-]. The molecule has 104 valence electrons. The normalized spacial score (nSPS) is 10.4. The zero-order valence-electron chi connectivity index (χ0n) is 10.8. The van der Waals surface area contributed by atoms with Gasteiger partial charge in [-0.2, -0.15) is 0 Å². The summed E-state index contributed by atoms with van der Waals surface area (Å²) in [6.07, 6.45) is -0.292. The molecule has 0 saturated heterocycles. The van der Waals surface area contributed by atoms with E-state index in [1.807, 2.05) is 0 Å². The summed E-state index contributed by atoms with van der Waals surface area (Å²) in [5, 5.41) is 10.6. The van der Waals surface area contributed by atoms with E-state index in [9.17, 15) is 19.3 Å². The molecule has 0 aliphatic heterocycles. The van der Waals surface area contributed by atoms with Crippen LogP contribution in [-0.2, 0) is 9.53 Å². The van der Waals surface area contributed by atoms with Gasteiger partial charge in [-0.1, -0.05) is 0 Å². The minimum atomic E-state index is -0.894. The lowest BCUT2D eigenvalue weighted by Crippen LogP contribution is -2.19. The zero-order chi connectivity index (χ0) is 14.6. The first-order chi connectivity index (χ1) is 8.81. The summed E-state index contributed by atoms with van der Waals surface area (Å²) in [6.45, 7) is 4.35. The molecule has 1 aromatic carbocycles. The monoisotopic (exact) mass is 271 g/mol. The summed E-state index contributed by atoms with van der Waals surface area (Å²) in [5.41, 5.74) is -0.0896. The third-order valence-corrected chi connectivity index (χ3v) is 2.16. The van der Waals surface area contributed by atoms with Crippen molar-refractivity contribution in [3.63, 3.8) is 0 Å². The van der Waals surface area contributed by atoms with E-state index in [0.29, 0.717) is 0 Å². The van der Waals surface area contributed by atoms with Gasteiger partial charge in [0.1, 0.15) is 0 Å². The largest absolute Gasteiger partial charge is 0.479 e. The molecule has 0 radical (unpaired) electrons. The van der Waals surface area contributed by atoms with Crippen LogP contribution in [-0.4, -0.2) is 23.6 Å². The molecule has 0 spiro atoms. The Morgan fingerprint density at radius 1 is 1.47 bits per heavy atom. The number of nitro benzene ring substituents is 1. The van der Waals surface area contributed by atoms with E-state index in [2.05, 4.69) is 0 Å². The molecule has 1 rings (SSSR count). The van der Waals surface area contributed by atoms with Gasteiger partial charge < -0.3 is 9.47 Å². The number of nitrogens with zero attached hydrogens (tertiary/aromatic N) is 1. The summed E-state index contributed by atoms with van der Waals surface area (Å²) in [4.78, 5) is 21.1. The molecule has 0 unspecified atom stereocenters. The molecule has 0 aliphatic rings. The standard InChI is InChI=1S/C12H14FNO5/c1-7(2)19-12(15)6-18-11-4-8(3)10(14(16)17)5-9(11)13/h4-5,7H,6H2,1-3H3. The fourth-order valence-electron chi connectivity index (χ4n) is 1.39. The van der Waals surface area contributed by atoms with E-state index in [1.54, 1.807) is 13.8 Å². The van der Waals surface area contributed by atoms with Gasteiger partial charge in [0.05, 0.1) is 17.1 Å². The molecule has 0 heterocycles. The van der Waals surface area contributed by atoms with Gasteiger partial charge in [0.25, 0.3) is 5.69 Å². The Kier molecular flexibility index (Phi) is 4.80. The van der Waals surface area contributed by atoms with Crippen molar-refractivity contribution in [1.29, 1.82) is 0 Å². The van der Waals surface area contributed by atoms with Crippen LogP contribution in [0.3, 0.4) is 0 Å². The summed E-state index contributed by atoms with van der Waals surface area (Å²) in [7, 11) is 0. The quantitative estimate of drug-likeness (QED) is 0.466. The molecule has 1 aromatic rings. The van der Waals surface area contributed by atoms with Crippen molar-refractivity contribution in [3.05, 3.63) is 33.6 Å². The maximum absolute atomic E-state index is 13.5. The Morgan fingerprint density at radius 2 is 2.11 bits per heavy atom. The average molecular weight is 271 g/mol. The Bertz CT molecular complexity index is 501. The van der Waals surface area contributed by atoms with E-state index < -0.39 is 23.3 Å². The van der Waals surface area contributed by atoms with Crippen molar-refractivity contribution in [2.45, 2.75) is 26.9 Å². The lowest BCUT2D eigenvalue weighted by atomic mass is 10.2. The Labute approximate surface area is 109 Å².